The highest BCUT2D eigenvalue weighted by Crippen LogP contribution is 2.44. The normalized spacial score (nSPS) is 32.3. The van der Waals surface area contributed by atoms with Crippen molar-refractivity contribution in [1.82, 2.24) is 25.7 Å². The third-order valence-electron chi connectivity index (χ3n) is 5.08. The van der Waals surface area contributed by atoms with Crippen LogP contribution in [0.4, 0.5) is 0 Å². The molecule has 0 aliphatic carbocycles. The Balaban J connectivity index is 1.54. The molecule has 0 radical (unpaired) electrons. The van der Waals surface area contributed by atoms with Crippen LogP contribution in [0.2, 0.25) is 0 Å². The van der Waals surface area contributed by atoms with Crippen LogP contribution >= 0.6 is 0 Å². The van der Waals surface area contributed by atoms with Gasteiger partial charge in [0.05, 0.1) is 18.3 Å². The molecule has 28 heavy (non-hydrogen) atoms. The Morgan fingerprint density at radius 1 is 1.46 bits per heavy atom. The lowest BCUT2D eigenvalue weighted by Gasteiger charge is -2.31. The molecular formula is C15H21N5O7S. The van der Waals surface area contributed by atoms with Gasteiger partial charge in [0, 0.05) is 18.8 Å². The molecule has 1 aromatic rings. The van der Waals surface area contributed by atoms with E-state index < -0.39 is 34.7 Å². The number of hydroxylamine groups is 3. The van der Waals surface area contributed by atoms with Gasteiger partial charge >= 0.3 is 10.4 Å². The summed E-state index contributed by atoms with van der Waals surface area (Å²) in [6.45, 7) is 1.31. The van der Waals surface area contributed by atoms with Crippen LogP contribution in [0.15, 0.2) is 18.3 Å². The molecule has 4 rings (SSSR count). The Hall–Kier alpha value is -1.71. The lowest BCUT2D eigenvalue weighted by atomic mass is 9.95. The van der Waals surface area contributed by atoms with Gasteiger partial charge in [-0.05, 0) is 31.0 Å². The predicted octanol–water partition coefficient (Wildman–Crippen LogP) is -1.39. The number of aromatic nitrogens is 1. The average molecular weight is 415 g/mol. The molecule has 2 saturated heterocycles. The van der Waals surface area contributed by atoms with Crippen LogP contribution < -0.4 is 10.8 Å². The maximum absolute atomic E-state index is 12.8. The topological polar surface area (TPSA) is 154 Å². The van der Waals surface area contributed by atoms with Gasteiger partial charge in [-0.25, -0.2) is 10.4 Å². The molecule has 3 aliphatic heterocycles. The molecule has 2 bridgehead atoms. The molecule has 13 heteroatoms. The van der Waals surface area contributed by atoms with Gasteiger partial charge in [-0.3, -0.25) is 19.2 Å². The van der Waals surface area contributed by atoms with Gasteiger partial charge in [0.2, 0.25) is 0 Å². The lowest BCUT2D eigenvalue weighted by molar-refractivity contribution is -0.207. The van der Waals surface area contributed by atoms with E-state index in [0.717, 1.165) is 24.4 Å². The molecule has 4 heterocycles. The molecule has 3 aliphatic rings. The second-order valence-electron chi connectivity index (χ2n) is 6.87. The van der Waals surface area contributed by atoms with Crippen molar-refractivity contribution in [3.63, 3.8) is 0 Å². The predicted molar refractivity (Wildman–Crippen MR) is 92.0 cm³/mol. The summed E-state index contributed by atoms with van der Waals surface area (Å²) in [5.41, 5.74) is 3.25. The largest absolute Gasteiger partial charge is 0.413 e. The monoisotopic (exact) mass is 415 g/mol. The molecule has 1 amide bonds. The first-order valence-electron chi connectivity index (χ1n) is 8.84. The zero-order chi connectivity index (χ0) is 19.9. The Bertz CT molecular complexity index is 847. The maximum atomic E-state index is 12.8. The van der Waals surface area contributed by atoms with Crippen molar-refractivity contribution in [2.24, 2.45) is 0 Å². The number of nitrogens with one attached hydrogen (secondary N) is 2. The van der Waals surface area contributed by atoms with E-state index in [1.165, 1.54) is 11.1 Å². The van der Waals surface area contributed by atoms with Crippen LogP contribution in [0.5, 0.6) is 0 Å². The summed E-state index contributed by atoms with van der Waals surface area (Å²) in [4.78, 5) is 23.7. The van der Waals surface area contributed by atoms with Crippen LogP contribution in [0.3, 0.4) is 0 Å². The molecule has 5 atom stereocenters. The minimum atomic E-state index is -4.86. The zero-order valence-corrected chi connectivity index (χ0v) is 15.6. The van der Waals surface area contributed by atoms with E-state index in [1.807, 2.05) is 0 Å². The number of carbonyl (C=O) groups excluding carboxylic acids is 1. The lowest BCUT2D eigenvalue weighted by Crippen LogP contribution is -2.47. The van der Waals surface area contributed by atoms with Crippen molar-refractivity contribution in [1.29, 1.82) is 0 Å². The van der Waals surface area contributed by atoms with Gasteiger partial charge in [-0.15, -0.1) is 5.06 Å². The molecule has 154 valence electrons. The molecule has 1 aromatic heterocycles. The van der Waals surface area contributed by atoms with Crippen molar-refractivity contribution in [3.8, 4) is 0 Å². The fourth-order valence-electron chi connectivity index (χ4n) is 3.90. The van der Waals surface area contributed by atoms with Crippen LogP contribution in [-0.2, 0) is 24.3 Å². The summed E-state index contributed by atoms with van der Waals surface area (Å²) in [5.74, 6) is -0.552. The van der Waals surface area contributed by atoms with E-state index in [9.17, 15) is 18.3 Å². The summed E-state index contributed by atoms with van der Waals surface area (Å²) in [6.07, 6.45) is 1.91. The first-order chi connectivity index (χ1) is 13.3. The van der Waals surface area contributed by atoms with Crippen LogP contribution in [0.25, 0.3) is 0 Å². The fraction of sp³-hybridized carbons (Fsp3) is 0.600. The maximum Gasteiger partial charge on any atom is 0.413 e. The Morgan fingerprint density at radius 2 is 2.29 bits per heavy atom. The highest BCUT2D eigenvalue weighted by atomic mass is 32.3. The number of rotatable bonds is 6. The molecule has 0 spiro atoms. The van der Waals surface area contributed by atoms with Crippen LogP contribution in [0, 0.1) is 0 Å². The van der Waals surface area contributed by atoms with Gasteiger partial charge in [0.1, 0.15) is 6.04 Å². The van der Waals surface area contributed by atoms with Gasteiger partial charge in [-0.2, -0.15) is 12.7 Å². The third kappa shape index (κ3) is 3.75. The highest BCUT2D eigenvalue weighted by molar-refractivity contribution is 7.80. The SMILES string of the molecule is O=C(NOCC1CCCN1)[C@@H]1c2ncccc2[C@@H]2CN1C(O)N2OS(=O)(=O)O. The van der Waals surface area contributed by atoms with E-state index in [4.69, 9.17) is 9.39 Å². The first kappa shape index (κ1) is 19.6. The second-order valence-corrected chi connectivity index (χ2v) is 7.88. The zero-order valence-electron chi connectivity index (χ0n) is 14.8. The third-order valence-corrected chi connectivity index (χ3v) is 5.44. The summed E-state index contributed by atoms with van der Waals surface area (Å²) in [5, 5.41) is 14.5. The number of nitrogens with zero attached hydrogens (tertiary/aromatic N) is 3. The number of aliphatic hydroxyl groups excluding tert-OH is 1. The highest BCUT2D eigenvalue weighted by Gasteiger charge is 2.53. The number of hydrogen-bond donors (Lipinski definition) is 4. The van der Waals surface area contributed by atoms with Crippen molar-refractivity contribution < 1.29 is 32.0 Å². The average Bonchev–Trinajstić information content (AvgIpc) is 3.24. The summed E-state index contributed by atoms with van der Waals surface area (Å²) < 4.78 is 35.9. The van der Waals surface area contributed by atoms with Crippen molar-refractivity contribution in [3.05, 3.63) is 29.6 Å². The van der Waals surface area contributed by atoms with E-state index >= 15 is 0 Å². The fourth-order valence-corrected chi connectivity index (χ4v) is 4.29. The second kappa shape index (κ2) is 7.61. The van der Waals surface area contributed by atoms with E-state index in [1.54, 1.807) is 12.1 Å². The molecule has 0 saturated carbocycles. The van der Waals surface area contributed by atoms with Crippen LogP contribution in [0.1, 0.15) is 36.2 Å². The Morgan fingerprint density at radius 3 is 3.00 bits per heavy atom. The quantitative estimate of drug-likeness (QED) is 0.320. The van der Waals surface area contributed by atoms with Gasteiger partial charge in [-0.1, -0.05) is 6.07 Å². The Kier molecular flexibility index (Phi) is 5.32. The van der Waals surface area contributed by atoms with Gasteiger partial charge in [0.25, 0.3) is 5.91 Å². The van der Waals surface area contributed by atoms with E-state index in [0.29, 0.717) is 17.9 Å². The standard InChI is InChI=1S/C15H21N5O7S/c21-14(18-26-8-9-3-1-5-16-9)13-12-10(4-2-6-17-12)11-7-19(13)15(22)20(11)27-28(23,24)25/h2,4,6,9,11,13,15-16,22H,1,3,5,7-8H2,(H,18,21)(H,23,24,25)/t9?,11-,13-,15?/m0/s1. The number of carbonyl (C=O) groups is 1. The van der Waals surface area contributed by atoms with Gasteiger partial charge in [0.15, 0.2) is 6.35 Å². The minimum Gasteiger partial charge on any atom is -0.363 e. The molecule has 2 fully saturated rings. The van der Waals surface area contributed by atoms with Crippen molar-refractivity contribution in [2.75, 3.05) is 19.7 Å². The summed E-state index contributed by atoms with van der Waals surface area (Å²) in [7, 11) is -4.86. The number of hydrogen-bond acceptors (Lipinski definition) is 10. The summed E-state index contributed by atoms with van der Waals surface area (Å²) >= 11 is 0. The molecule has 4 N–H and O–H groups in total. The molecule has 3 unspecified atom stereocenters. The smallest absolute Gasteiger partial charge is 0.363 e. The van der Waals surface area contributed by atoms with E-state index in [-0.39, 0.29) is 12.6 Å². The summed E-state index contributed by atoms with van der Waals surface area (Å²) in [6, 6.07) is 1.70. The molecular weight excluding hydrogens is 394 g/mol. The van der Waals surface area contributed by atoms with Crippen molar-refractivity contribution >= 4 is 16.3 Å². The van der Waals surface area contributed by atoms with Crippen LogP contribution in [-0.4, -0.2) is 71.0 Å². The van der Waals surface area contributed by atoms with Crippen molar-refractivity contribution in [2.45, 2.75) is 37.3 Å². The number of amides is 1. The minimum absolute atomic E-state index is 0.0949. The van der Waals surface area contributed by atoms with Gasteiger partial charge < -0.3 is 10.4 Å². The number of aliphatic hydroxyl groups is 1. The van der Waals surface area contributed by atoms with E-state index in [2.05, 4.69) is 20.1 Å². The number of fused-ring (bicyclic) bond motifs is 4. The Labute approximate surface area is 161 Å². The molecule has 12 nitrogen and oxygen atoms in total. The molecule has 0 aromatic carbocycles. The first-order valence-corrected chi connectivity index (χ1v) is 10.2. The number of pyridine rings is 1.